The Morgan fingerprint density at radius 1 is 1.38 bits per heavy atom. The second kappa shape index (κ2) is 4.13. The third-order valence-electron chi connectivity index (χ3n) is 2.03. The van der Waals surface area contributed by atoms with Crippen LogP contribution < -0.4 is 10.3 Å². The van der Waals surface area contributed by atoms with Gasteiger partial charge in [-0.2, -0.15) is 5.10 Å². The molecule has 0 aliphatic carbocycles. The topological polar surface area (TPSA) is 49.0 Å². The first-order valence-electron chi connectivity index (χ1n) is 4.59. The molecule has 0 N–H and O–H groups in total. The molecule has 0 spiro atoms. The highest BCUT2D eigenvalue weighted by Gasteiger charge is 2.07. The van der Waals surface area contributed by atoms with Crippen LogP contribution >= 0.6 is 15.9 Å². The highest BCUT2D eigenvalue weighted by Crippen LogP contribution is 2.19. The van der Waals surface area contributed by atoms with E-state index in [-0.39, 0.29) is 11.3 Å². The van der Waals surface area contributed by atoms with Gasteiger partial charge in [-0.3, -0.25) is 9.48 Å². The maximum atomic E-state index is 11.7. The maximum absolute atomic E-state index is 11.7. The van der Waals surface area contributed by atoms with Crippen molar-refractivity contribution < 1.29 is 4.74 Å². The van der Waals surface area contributed by atoms with Gasteiger partial charge in [0.1, 0.15) is 0 Å². The number of halogens is 1. The summed E-state index contributed by atoms with van der Waals surface area (Å²) in [5.41, 5.74) is -0.188. The van der Waals surface area contributed by atoms with Gasteiger partial charge in [0, 0.05) is 30.8 Å². The fraction of sp³-hybridized carbons (Fsp3) is 0.200. The predicted molar refractivity (Wildman–Crippen MR) is 62.7 cm³/mol. The molecule has 2 aromatic rings. The lowest BCUT2D eigenvalue weighted by atomic mass is 10.4. The van der Waals surface area contributed by atoms with Crippen LogP contribution in [0.2, 0.25) is 0 Å². The second-order valence-corrected chi connectivity index (χ2v) is 4.31. The van der Waals surface area contributed by atoms with E-state index in [9.17, 15) is 4.79 Å². The number of aromatic nitrogens is 3. The van der Waals surface area contributed by atoms with Crippen molar-refractivity contribution in [1.82, 2.24) is 14.3 Å². The van der Waals surface area contributed by atoms with Gasteiger partial charge >= 0.3 is 0 Å². The van der Waals surface area contributed by atoms with E-state index < -0.39 is 0 Å². The van der Waals surface area contributed by atoms with Gasteiger partial charge in [0.2, 0.25) is 0 Å². The molecule has 84 valence electrons. The summed E-state index contributed by atoms with van der Waals surface area (Å²) in [7, 11) is 3.45. The van der Waals surface area contributed by atoms with Crippen LogP contribution in [0, 0.1) is 0 Å². The van der Waals surface area contributed by atoms with Crippen LogP contribution in [0.1, 0.15) is 0 Å². The number of aryl methyl sites for hydroxylation is 2. The van der Waals surface area contributed by atoms with Crippen LogP contribution in [-0.2, 0) is 14.1 Å². The first kappa shape index (κ1) is 10.9. The highest BCUT2D eigenvalue weighted by atomic mass is 79.9. The number of hydrogen-bond donors (Lipinski definition) is 0. The fourth-order valence-electron chi connectivity index (χ4n) is 1.29. The van der Waals surface area contributed by atoms with Crippen molar-refractivity contribution in [3.8, 4) is 11.5 Å². The molecule has 0 amide bonds. The Balaban J connectivity index is 2.38. The Labute approximate surface area is 100 Å². The van der Waals surface area contributed by atoms with E-state index >= 15 is 0 Å². The van der Waals surface area contributed by atoms with E-state index in [1.807, 2.05) is 0 Å². The van der Waals surface area contributed by atoms with Crippen molar-refractivity contribution in [2.45, 2.75) is 0 Å². The summed E-state index contributed by atoms with van der Waals surface area (Å²) in [6.07, 6.45) is 4.93. The van der Waals surface area contributed by atoms with Crippen molar-refractivity contribution in [3.63, 3.8) is 0 Å². The van der Waals surface area contributed by atoms with Crippen molar-refractivity contribution in [3.05, 3.63) is 39.5 Å². The summed E-state index contributed by atoms with van der Waals surface area (Å²) in [5, 5.41) is 3.96. The van der Waals surface area contributed by atoms with Crippen molar-refractivity contribution in [1.29, 1.82) is 0 Å². The van der Waals surface area contributed by atoms with E-state index in [0.717, 1.165) is 4.47 Å². The Kier molecular flexibility index (Phi) is 2.82. The molecule has 0 aliphatic rings. The van der Waals surface area contributed by atoms with Crippen LogP contribution in [0.15, 0.2) is 33.9 Å². The highest BCUT2D eigenvalue weighted by molar-refractivity contribution is 9.10. The molecule has 2 aromatic heterocycles. The SMILES string of the molecule is Cn1cc(Oc2cc(Br)cn(C)c2=O)cn1. The maximum Gasteiger partial charge on any atom is 0.293 e. The monoisotopic (exact) mass is 283 g/mol. The van der Waals surface area contributed by atoms with Gasteiger partial charge in [-0.25, -0.2) is 0 Å². The van der Waals surface area contributed by atoms with Gasteiger partial charge in [0.25, 0.3) is 5.56 Å². The minimum Gasteiger partial charge on any atom is -0.448 e. The number of pyridine rings is 1. The normalized spacial score (nSPS) is 10.4. The van der Waals surface area contributed by atoms with E-state index in [1.54, 1.807) is 43.4 Å². The first-order chi connectivity index (χ1) is 7.56. The smallest absolute Gasteiger partial charge is 0.293 e. The molecular formula is C10H10BrN3O2. The molecular weight excluding hydrogens is 274 g/mol. The summed E-state index contributed by atoms with van der Waals surface area (Å²) in [6, 6.07) is 1.63. The van der Waals surface area contributed by atoms with Crippen LogP contribution in [0.4, 0.5) is 0 Å². The molecule has 6 heteroatoms. The summed E-state index contributed by atoms with van der Waals surface area (Å²) in [6.45, 7) is 0. The summed E-state index contributed by atoms with van der Waals surface area (Å²) in [5.74, 6) is 0.808. The molecule has 2 heterocycles. The molecule has 2 rings (SSSR count). The number of ether oxygens (including phenoxy) is 1. The quantitative estimate of drug-likeness (QED) is 0.843. The Morgan fingerprint density at radius 3 is 2.75 bits per heavy atom. The van der Waals surface area contributed by atoms with Crippen molar-refractivity contribution in [2.24, 2.45) is 14.1 Å². The number of rotatable bonds is 2. The summed E-state index contributed by atoms with van der Waals surface area (Å²) < 4.78 is 9.29. The standard InChI is InChI=1S/C10H10BrN3O2/c1-13-5-7(11)3-9(10(13)15)16-8-4-12-14(2)6-8/h3-6H,1-2H3. The zero-order chi connectivity index (χ0) is 11.7. The largest absolute Gasteiger partial charge is 0.448 e. The van der Waals surface area contributed by atoms with Crippen LogP contribution in [0.25, 0.3) is 0 Å². The van der Waals surface area contributed by atoms with E-state index in [0.29, 0.717) is 5.75 Å². The summed E-state index contributed by atoms with van der Waals surface area (Å²) in [4.78, 5) is 11.7. The molecule has 0 aromatic carbocycles. The lowest BCUT2D eigenvalue weighted by Gasteiger charge is -2.04. The van der Waals surface area contributed by atoms with Gasteiger partial charge in [0.15, 0.2) is 11.5 Å². The lowest BCUT2D eigenvalue weighted by molar-refractivity contribution is 0.468. The number of nitrogens with zero attached hydrogens (tertiary/aromatic N) is 3. The van der Waals surface area contributed by atoms with Gasteiger partial charge in [0.05, 0.1) is 12.4 Å². The Bertz CT molecular complexity index is 574. The molecule has 16 heavy (non-hydrogen) atoms. The number of hydrogen-bond acceptors (Lipinski definition) is 3. The first-order valence-corrected chi connectivity index (χ1v) is 5.38. The molecule has 0 fully saturated rings. The minimum absolute atomic E-state index is 0.188. The predicted octanol–water partition coefficient (Wildman–Crippen LogP) is 1.67. The van der Waals surface area contributed by atoms with Crippen molar-refractivity contribution in [2.75, 3.05) is 0 Å². The van der Waals surface area contributed by atoms with Crippen LogP contribution in [-0.4, -0.2) is 14.3 Å². The minimum atomic E-state index is -0.188. The van der Waals surface area contributed by atoms with E-state index in [2.05, 4.69) is 21.0 Å². The van der Waals surface area contributed by atoms with Gasteiger partial charge in [-0.15, -0.1) is 0 Å². The fourth-order valence-corrected chi connectivity index (χ4v) is 1.81. The van der Waals surface area contributed by atoms with Crippen LogP contribution in [0.3, 0.4) is 0 Å². The Hall–Kier alpha value is -1.56. The second-order valence-electron chi connectivity index (χ2n) is 3.39. The van der Waals surface area contributed by atoms with Crippen molar-refractivity contribution >= 4 is 15.9 Å². The molecule has 0 unspecified atom stereocenters. The molecule has 0 radical (unpaired) electrons. The molecule has 0 bridgehead atoms. The molecule has 5 nitrogen and oxygen atoms in total. The molecule has 0 atom stereocenters. The summed E-state index contributed by atoms with van der Waals surface area (Å²) >= 11 is 3.31. The van der Waals surface area contributed by atoms with Gasteiger partial charge in [-0.1, -0.05) is 0 Å². The third kappa shape index (κ3) is 2.16. The zero-order valence-corrected chi connectivity index (χ0v) is 10.4. The third-order valence-corrected chi connectivity index (χ3v) is 2.46. The van der Waals surface area contributed by atoms with Gasteiger partial charge in [-0.05, 0) is 15.9 Å². The van der Waals surface area contributed by atoms with E-state index in [4.69, 9.17) is 4.74 Å². The lowest BCUT2D eigenvalue weighted by Crippen LogP contribution is -2.17. The Morgan fingerprint density at radius 2 is 2.12 bits per heavy atom. The van der Waals surface area contributed by atoms with Crippen LogP contribution in [0.5, 0.6) is 11.5 Å². The average molecular weight is 284 g/mol. The zero-order valence-electron chi connectivity index (χ0n) is 8.85. The molecule has 0 saturated carbocycles. The molecule has 0 saturated heterocycles. The van der Waals surface area contributed by atoms with E-state index in [1.165, 1.54) is 4.57 Å². The van der Waals surface area contributed by atoms with Gasteiger partial charge < -0.3 is 9.30 Å². The molecule has 0 aliphatic heterocycles. The average Bonchev–Trinajstić information content (AvgIpc) is 2.60.